The molecule has 0 radical (unpaired) electrons. The summed E-state index contributed by atoms with van der Waals surface area (Å²) < 4.78 is 34.5. The summed E-state index contributed by atoms with van der Waals surface area (Å²) >= 11 is 0. The van der Waals surface area contributed by atoms with Crippen molar-refractivity contribution in [3.8, 4) is 0 Å². The van der Waals surface area contributed by atoms with Crippen LogP contribution in [0.4, 0.5) is 0 Å². The SMILES string of the molecule is CCCCCCCCCCCCOS(=O)(=O)[O-].CO.[Na+]. The molecule has 7 heteroatoms. The second-order valence-corrected chi connectivity index (χ2v) is 5.46. The maximum Gasteiger partial charge on any atom is 1.00 e. The molecule has 0 fully saturated rings. The number of unbranched alkanes of at least 4 members (excludes halogenated alkanes) is 9. The number of rotatable bonds is 12. The fourth-order valence-electron chi connectivity index (χ4n) is 1.75. The Kier molecular flexibility index (Phi) is 25.5. The van der Waals surface area contributed by atoms with Crippen molar-refractivity contribution in [2.24, 2.45) is 0 Å². The second-order valence-electron chi connectivity index (χ2n) is 4.41. The zero-order valence-electron chi connectivity index (χ0n) is 13.3. The number of aliphatic hydroxyl groups is 1. The molecule has 1 N–H and O–H groups in total. The van der Waals surface area contributed by atoms with Crippen molar-refractivity contribution >= 4 is 10.4 Å². The number of hydrogen-bond acceptors (Lipinski definition) is 5. The molecular weight excluding hydrogens is 291 g/mol. The van der Waals surface area contributed by atoms with E-state index in [4.69, 9.17) is 5.11 Å². The van der Waals surface area contributed by atoms with E-state index in [1.54, 1.807) is 0 Å². The Morgan fingerprint density at radius 2 is 1.20 bits per heavy atom. The van der Waals surface area contributed by atoms with Crippen molar-refractivity contribution in [1.29, 1.82) is 0 Å². The third kappa shape index (κ3) is 27.2. The van der Waals surface area contributed by atoms with Crippen LogP contribution in [0.1, 0.15) is 71.1 Å². The molecule has 0 spiro atoms. The topological polar surface area (TPSA) is 86.7 Å². The van der Waals surface area contributed by atoms with Crippen molar-refractivity contribution in [3.63, 3.8) is 0 Å². The van der Waals surface area contributed by atoms with Crippen molar-refractivity contribution in [2.45, 2.75) is 71.1 Å². The first-order chi connectivity index (χ1) is 9.06. The third-order valence-electron chi connectivity index (χ3n) is 2.73. The molecule has 118 valence electrons. The summed E-state index contributed by atoms with van der Waals surface area (Å²) in [5.41, 5.74) is 0. The van der Waals surface area contributed by atoms with E-state index in [0.717, 1.165) is 20.0 Å². The predicted molar refractivity (Wildman–Crippen MR) is 75.6 cm³/mol. The van der Waals surface area contributed by atoms with Gasteiger partial charge in [-0.15, -0.1) is 0 Å². The molecule has 0 aliphatic heterocycles. The molecule has 20 heavy (non-hydrogen) atoms. The Bertz CT molecular complexity index is 257. The molecule has 0 aromatic rings. The van der Waals surface area contributed by atoms with Gasteiger partial charge in [-0.1, -0.05) is 64.7 Å². The average Bonchev–Trinajstić information content (AvgIpc) is 2.37. The van der Waals surface area contributed by atoms with Gasteiger partial charge in [0.15, 0.2) is 0 Å². The summed E-state index contributed by atoms with van der Waals surface area (Å²) in [5.74, 6) is 0. The molecule has 0 atom stereocenters. The minimum absolute atomic E-state index is 0. The van der Waals surface area contributed by atoms with Crippen molar-refractivity contribution in [1.82, 2.24) is 0 Å². The van der Waals surface area contributed by atoms with Crippen molar-refractivity contribution in [2.75, 3.05) is 13.7 Å². The Morgan fingerprint density at radius 1 is 0.850 bits per heavy atom. The van der Waals surface area contributed by atoms with Crippen LogP contribution in [0.2, 0.25) is 0 Å². The van der Waals surface area contributed by atoms with Crippen LogP contribution < -0.4 is 29.6 Å². The van der Waals surface area contributed by atoms with Crippen LogP contribution in [-0.2, 0) is 14.6 Å². The summed E-state index contributed by atoms with van der Waals surface area (Å²) in [6.07, 6.45) is 11.7. The molecular formula is C13H29NaO5S. The van der Waals surface area contributed by atoms with Gasteiger partial charge in [0.05, 0.1) is 6.61 Å². The van der Waals surface area contributed by atoms with Crippen LogP contribution in [0, 0.1) is 0 Å². The van der Waals surface area contributed by atoms with E-state index in [0.29, 0.717) is 6.42 Å². The molecule has 0 rings (SSSR count). The van der Waals surface area contributed by atoms with Crippen LogP contribution >= 0.6 is 0 Å². The normalized spacial score (nSPS) is 10.4. The van der Waals surface area contributed by atoms with Crippen LogP contribution in [0.15, 0.2) is 0 Å². The molecule has 0 saturated heterocycles. The Labute approximate surface area is 146 Å². The van der Waals surface area contributed by atoms with E-state index in [2.05, 4.69) is 11.1 Å². The summed E-state index contributed by atoms with van der Waals surface area (Å²) in [7, 11) is -3.48. The van der Waals surface area contributed by atoms with Gasteiger partial charge in [0.1, 0.15) is 0 Å². The largest absolute Gasteiger partial charge is 1.00 e. The molecule has 0 aromatic carbocycles. The molecule has 0 saturated carbocycles. The van der Waals surface area contributed by atoms with Gasteiger partial charge in [-0.25, -0.2) is 8.42 Å². The predicted octanol–water partition coefficient (Wildman–Crippen LogP) is -0.00340. The summed E-state index contributed by atoms with van der Waals surface area (Å²) in [4.78, 5) is 0. The first-order valence-corrected chi connectivity index (χ1v) is 8.44. The van der Waals surface area contributed by atoms with Crippen molar-refractivity contribution < 1.29 is 51.8 Å². The quantitative estimate of drug-likeness (QED) is 0.237. The zero-order valence-corrected chi connectivity index (χ0v) is 16.1. The van der Waals surface area contributed by atoms with Gasteiger partial charge in [-0.2, -0.15) is 0 Å². The molecule has 0 bridgehead atoms. The summed E-state index contributed by atoms with van der Waals surface area (Å²) in [5, 5.41) is 7.00. The summed E-state index contributed by atoms with van der Waals surface area (Å²) in [6.45, 7) is 2.24. The minimum Gasteiger partial charge on any atom is -0.726 e. The van der Waals surface area contributed by atoms with E-state index in [9.17, 15) is 13.0 Å². The first-order valence-electron chi connectivity index (χ1n) is 7.11. The molecule has 0 heterocycles. The molecule has 0 aliphatic carbocycles. The minimum atomic E-state index is -4.48. The molecule has 5 nitrogen and oxygen atoms in total. The standard InChI is InChI=1S/C12H26O4S.CH4O.Na/c1-2-3-4-5-6-7-8-9-10-11-12-16-17(13,14)15;1-2;/h2-12H2,1H3,(H,13,14,15);2H,1H3;/q;;+1/p-1. The Hall–Kier alpha value is 0.830. The second kappa shape index (κ2) is 19.8. The molecule has 0 amide bonds. The van der Waals surface area contributed by atoms with E-state index in [1.807, 2.05) is 0 Å². The maximum atomic E-state index is 10.1. The first kappa shape index (κ1) is 25.8. The Morgan fingerprint density at radius 3 is 1.55 bits per heavy atom. The van der Waals surface area contributed by atoms with E-state index in [-0.39, 0.29) is 36.2 Å². The summed E-state index contributed by atoms with van der Waals surface area (Å²) in [6, 6.07) is 0. The molecule has 0 unspecified atom stereocenters. The van der Waals surface area contributed by atoms with Crippen LogP contribution in [-0.4, -0.2) is 31.8 Å². The van der Waals surface area contributed by atoms with Gasteiger partial charge in [-0.3, -0.25) is 4.18 Å². The number of hydrogen-bond donors (Lipinski definition) is 1. The van der Waals surface area contributed by atoms with Gasteiger partial charge in [0, 0.05) is 7.11 Å². The zero-order chi connectivity index (χ0) is 15.0. The van der Waals surface area contributed by atoms with Gasteiger partial charge in [-0.05, 0) is 6.42 Å². The molecule has 0 aromatic heterocycles. The fourth-order valence-corrected chi connectivity index (χ4v) is 2.07. The Balaban J connectivity index is -0.000000916. The van der Waals surface area contributed by atoms with Gasteiger partial charge in [0.25, 0.3) is 0 Å². The fraction of sp³-hybridized carbons (Fsp3) is 1.00. The van der Waals surface area contributed by atoms with Gasteiger partial charge >= 0.3 is 29.6 Å². The van der Waals surface area contributed by atoms with E-state index >= 15 is 0 Å². The van der Waals surface area contributed by atoms with Crippen LogP contribution in [0.5, 0.6) is 0 Å². The van der Waals surface area contributed by atoms with E-state index < -0.39 is 10.4 Å². The third-order valence-corrected chi connectivity index (χ3v) is 3.18. The molecule has 0 aliphatic rings. The van der Waals surface area contributed by atoms with E-state index in [1.165, 1.54) is 44.9 Å². The number of aliphatic hydroxyl groups excluding tert-OH is 1. The van der Waals surface area contributed by atoms with Gasteiger partial charge < -0.3 is 9.66 Å². The van der Waals surface area contributed by atoms with Gasteiger partial charge in [0.2, 0.25) is 10.4 Å². The monoisotopic (exact) mass is 320 g/mol. The van der Waals surface area contributed by atoms with Crippen LogP contribution in [0.3, 0.4) is 0 Å². The maximum absolute atomic E-state index is 10.1. The van der Waals surface area contributed by atoms with Crippen molar-refractivity contribution in [3.05, 3.63) is 0 Å². The van der Waals surface area contributed by atoms with Crippen LogP contribution in [0.25, 0.3) is 0 Å². The average molecular weight is 320 g/mol. The smallest absolute Gasteiger partial charge is 0.726 e.